The van der Waals surface area contributed by atoms with Crippen LogP contribution in [0.3, 0.4) is 0 Å². The molecule has 118 valence electrons. The Morgan fingerprint density at radius 2 is 1.95 bits per heavy atom. The molecule has 21 heavy (non-hydrogen) atoms. The molecule has 1 aromatic carbocycles. The van der Waals surface area contributed by atoms with Gasteiger partial charge in [0.2, 0.25) is 0 Å². The molecule has 0 aromatic heterocycles. The van der Waals surface area contributed by atoms with Crippen LogP contribution in [0.2, 0.25) is 0 Å². The summed E-state index contributed by atoms with van der Waals surface area (Å²) in [5.41, 5.74) is 8.97. The molecule has 3 nitrogen and oxygen atoms in total. The first-order valence-corrected chi connectivity index (χ1v) is 8.15. The van der Waals surface area contributed by atoms with Crippen molar-refractivity contribution in [1.82, 2.24) is 4.90 Å². The minimum absolute atomic E-state index is 0.0692. The fourth-order valence-corrected chi connectivity index (χ4v) is 2.86. The van der Waals surface area contributed by atoms with Crippen molar-refractivity contribution in [3.8, 4) is 5.75 Å². The molecule has 0 radical (unpaired) electrons. The topological polar surface area (TPSA) is 38.5 Å². The molecule has 1 aromatic rings. The molecule has 0 spiro atoms. The summed E-state index contributed by atoms with van der Waals surface area (Å²) < 4.78 is 5.79. The molecule has 0 amide bonds. The van der Waals surface area contributed by atoms with Crippen molar-refractivity contribution in [3.63, 3.8) is 0 Å². The van der Waals surface area contributed by atoms with E-state index >= 15 is 0 Å². The Hall–Kier alpha value is -1.06. The summed E-state index contributed by atoms with van der Waals surface area (Å²) in [7, 11) is 0. The second-order valence-corrected chi connectivity index (χ2v) is 7.03. The lowest BCUT2D eigenvalue weighted by Crippen LogP contribution is -2.36. The zero-order chi connectivity index (χ0) is 15.5. The molecule has 1 atom stereocenters. The van der Waals surface area contributed by atoms with Crippen LogP contribution in [-0.4, -0.2) is 24.6 Å². The van der Waals surface area contributed by atoms with E-state index in [2.05, 4.69) is 36.9 Å². The fourth-order valence-electron chi connectivity index (χ4n) is 2.86. The standard InChI is InChI=1S/C18H30N2O/c1-5-21-17-7-6-15(14(2)19)12-16(17)13-20-10-8-18(3,4)9-11-20/h6-7,12,14H,5,8-11,13,19H2,1-4H3. The van der Waals surface area contributed by atoms with Crippen molar-refractivity contribution < 1.29 is 4.74 Å². The quantitative estimate of drug-likeness (QED) is 0.898. The van der Waals surface area contributed by atoms with Gasteiger partial charge in [-0.15, -0.1) is 0 Å². The minimum atomic E-state index is 0.0692. The predicted molar refractivity (Wildman–Crippen MR) is 88.5 cm³/mol. The number of ether oxygens (including phenoxy) is 1. The summed E-state index contributed by atoms with van der Waals surface area (Å²) in [5.74, 6) is 1.01. The van der Waals surface area contributed by atoms with Crippen LogP contribution in [0, 0.1) is 5.41 Å². The van der Waals surface area contributed by atoms with Crippen LogP contribution in [-0.2, 0) is 6.54 Å². The number of hydrogen-bond acceptors (Lipinski definition) is 3. The van der Waals surface area contributed by atoms with E-state index in [0.29, 0.717) is 12.0 Å². The second-order valence-electron chi connectivity index (χ2n) is 7.03. The molecule has 1 unspecified atom stereocenters. The normalized spacial score (nSPS) is 20.2. The molecule has 3 heteroatoms. The first-order valence-electron chi connectivity index (χ1n) is 8.15. The third kappa shape index (κ3) is 4.45. The van der Waals surface area contributed by atoms with Crippen LogP contribution in [0.4, 0.5) is 0 Å². The second kappa shape index (κ2) is 6.80. The van der Waals surface area contributed by atoms with Crippen LogP contribution in [0.15, 0.2) is 18.2 Å². The van der Waals surface area contributed by atoms with E-state index in [1.54, 1.807) is 0 Å². The fraction of sp³-hybridized carbons (Fsp3) is 0.667. The van der Waals surface area contributed by atoms with Crippen molar-refractivity contribution in [2.75, 3.05) is 19.7 Å². The van der Waals surface area contributed by atoms with Gasteiger partial charge in [0.15, 0.2) is 0 Å². The molecule has 1 fully saturated rings. The van der Waals surface area contributed by atoms with Gasteiger partial charge < -0.3 is 10.5 Å². The molecule has 1 heterocycles. The van der Waals surface area contributed by atoms with E-state index in [1.807, 2.05) is 13.8 Å². The number of piperidine rings is 1. The molecular weight excluding hydrogens is 260 g/mol. The molecule has 1 saturated heterocycles. The van der Waals surface area contributed by atoms with Gasteiger partial charge in [-0.1, -0.05) is 19.9 Å². The maximum Gasteiger partial charge on any atom is 0.123 e. The Labute approximate surface area is 129 Å². The summed E-state index contributed by atoms with van der Waals surface area (Å²) >= 11 is 0. The highest BCUT2D eigenvalue weighted by molar-refractivity contribution is 5.38. The molecule has 0 aliphatic carbocycles. The van der Waals surface area contributed by atoms with Gasteiger partial charge in [-0.3, -0.25) is 4.90 Å². The van der Waals surface area contributed by atoms with Crippen LogP contribution in [0.5, 0.6) is 5.75 Å². The van der Waals surface area contributed by atoms with Gasteiger partial charge in [0.05, 0.1) is 6.61 Å². The number of likely N-dealkylation sites (tertiary alicyclic amines) is 1. The molecule has 0 bridgehead atoms. The SMILES string of the molecule is CCOc1ccc(C(C)N)cc1CN1CCC(C)(C)CC1. The largest absolute Gasteiger partial charge is 0.494 e. The molecule has 2 N–H and O–H groups in total. The average molecular weight is 290 g/mol. The number of nitrogens with two attached hydrogens (primary N) is 1. The van der Waals surface area contributed by atoms with Gasteiger partial charge in [-0.2, -0.15) is 0 Å². The van der Waals surface area contributed by atoms with Gasteiger partial charge in [0, 0.05) is 18.2 Å². The van der Waals surface area contributed by atoms with Gasteiger partial charge >= 0.3 is 0 Å². The Kier molecular flexibility index (Phi) is 5.28. The van der Waals surface area contributed by atoms with E-state index in [4.69, 9.17) is 10.5 Å². The van der Waals surface area contributed by atoms with Crippen molar-refractivity contribution in [3.05, 3.63) is 29.3 Å². The zero-order valence-corrected chi connectivity index (χ0v) is 14.0. The third-order valence-corrected chi connectivity index (χ3v) is 4.51. The molecule has 1 aliphatic rings. The minimum Gasteiger partial charge on any atom is -0.494 e. The van der Waals surface area contributed by atoms with E-state index in [0.717, 1.165) is 12.3 Å². The molecule has 1 aliphatic heterocycles. The van der Waals surface area contributed by atoms with Crippen LogP contribution >= 0.6 is 0 Å². The summed E-state index contributed by atoms with van der Waals surface area (Å²) in [6, 6.07) is 6.44. The average Bonchev–Trinajstić information content (AvgIpc) is 2.43. The maximum atomic E-state index is 6.02. The van der Waals surface area contributed by atoms with E-state index in [-0.39, 0.29) is 6.04 Å². The lowest BCUT2D eigenvalue weighted by atomic mass is 9.82. The highest BCUT2D eigenvalue weighted by Crippen LogP contribution is 2.32. The monoisotopic (exact) mass is 290 g/mol. The van der Waals surface area contributed by atoms with Crippen molar-refractivity contribution in [1.29, 1.82) is 0 Å². The Bertz CT molecular complexity index is 458. The predicted octanol–water partition coefficient (Wildman–Crippen LogP) is 3.73. The number of benzene rings is 1. The van der Waals surface area contributed by atoms with Crippen molar-refractivity contribution >= 4 is 0 Å². The summed E-state index contributed by atoms with van der Waals surface area (Å²) in [6.07, 6.45) is 2.54. The smallest absolute Gasteiger partial charge is 0.123 e. The first-order chi connectivity index (χ1) is 9.91. The third-order valence-electron chi connectivity index (χ3n) is 4.51. The van der Waals surface area contributed by atoms with Crippen molar-refractivity contribution in [2.24, 2.45) is 11.1 Å². The highest BCUT2D eigenvalue weighted by atomic mass is 16.5. The molecule has 2 rings (SSSR count). The maximum absolute atomic E-state index is 6.02. The Morgan fingerprint density at radius 1 is 1.29 bits per heavy atom. The van der Waals surface area contributed by atoms with E-state index < -0.39 is 0 Å². The van der Waals surface area contributed by atoms with Crippen LogP contribution in [0.25, 0.3) is 0 Å². The number of rotatable bonds is 5. The van der Waals surface area contributed by atoms with E-state index in [1.165, 1.54) is 37.1 Å². The lowest BCUT2D eigenvalue weighted by molar-refractivity contribution is 0.126. The molecule has 0 saturated carbocycles. The van der Waals surface area contributed by atoms with Gasteiger partial charge in [-0.25, -0.2) is 0 Å². The lowest BCUT2D eigenvalue weighted by Gasteiger charge is -2.37. The highest BCUT2D eigenvalue weighted by Gasteiger charge is 2.25. The van der Waals surface area contributed by atoms with Crippen LogP contribution < -0.4 is 10.5 Å². The zero-order valence-electron chi connectivity index (χ0n) is 14.0. The Balaban J connectivity index is 2.11. The summed E-state index contributed by atoms with van der Waals surface area (Å²) in [4.78, 5) is 2.54. The van der Waals surface area contributed by atoms with Crippen LogP contribution in [0.1, 0.15) is 57.7 Å². The van der Waals surface area contributed by atoms with Gasteiger partial charge in [0.1, 0.15) is 5.75 Å². The first kappa shape index (κ1) is 16.3. The van der Waals surface area contributed by atoms with Crippen molar-refractivity contribution in [2.45, 2.75) is 53.1 Å². The summed E-state index contributed by atoms with van der Waals surface area (Å²) in [5, 5.41) is 0. The number of nitrogens with zero attached hydrogens (tertiary/aromatic N) is 1. The Morgan fingerprint density at radius 3 is 2.52 bits per heavy atom. The van der Waals surface area contributed by atoms with Gasteiger partial charge in [-0.05, 0) is 62.9 Å². The number of hydrogen-bond donors (Lipinski definition) is 1. The van der Waals surface area contributed by atoms with E-state index in [9.17, 15) is 0 Å². The molecular formula is C18H30N2O. The van der Waals surface area contributed by atoms with Gasteiger partial charge in [0.25, 0.3) is 0 Å². The summed E-state index contributed by atoms with van der Waals surface area (Å²) in [6.45, 7) is 12.8.